The molecule has 1 aromatic rings. The van der Waals surface area contributed by atoms with Gasteiger partial charge in [0.15, 0.2) is 0 Å². The molecule has 0 N–H and O–H groups in total. The highest BCUT2D eigenvalue weighted by atomic mass is 16.5. The minimum Gasteiger partial charge on any atom is -0.426 e. The summed E-state index contributed by atoms with van der Waals surface area (Å²) in [6.07, 6.45) is 0. The van der Waals surface area contributed by atoms with Crippen LogP contribution in [0.25, 0.3) is 0 Å². The number of ether oxygens (including phenoxy) is 1. The van der Waals surface area contributed by atoms with Crippen LogP contribution in [0.3, 0.4) is 0 Å². The maximum absolute atomic E-state index is 11.1. The Labute approximate surface area is 71.2 Å². The first-order valence-corrected chi connectivity index (χ1v) is 4.01. The van der Waals surface area contributed by atoms with E-state index in [1.807, 2.05) is 32.0 Å². The van der Waals surface area contributed by atoms with Crippen LogP contribution >= 0.6 is 0 Å². The number of rotatable bonds is 0. The maximum Gasteiger partial charge on any atom is 0.318 e. The van der Waals surface area contributed by atoms with Crippen molar-refractivity contribution >= 4 is 5.97 Å². The van der Waals surface area contributed by atoms with Gasteiger partial charge in [0.2, 0.25) is 0 Å². The quantitative estimate of drug-likeness (QED) is 0.431. The maximum atomic E-state index is 11.1. The number of hydrogen-bond acceptors (Lipinski definition) is 2. The smallest absolute Gasteiger partial charge is 0.318 e. The molecule has 0 fully saturated rings. The van der Waals surface area contributed by atoms with Crippen LogP contribution in [-0.2, 0) is 4.79 Å². The third-order valence-corrected chi connectivity index (χ3v) is 2.20. The number of aryl methyl sites for hydroxylation is 1. The van der Waals surface area contributed by atoms with Crippen molar-refractivity contribution in [3.63, 3.8) is 0 Å². The van der Waals surface area contributed by atoms with E-state index >= 15 is 0 Å². The van der Waals surface area contributed by atoms with Crippen molar-refractivity contribution in [2.24, 2.45) is 0 Å². The largest absolute Gasteiger partial charge is 0.426 e. The van der Waals surface area contributed by atoms with Gasteiger partial charge in [-0.25, -0.2) is 0 Å². The van der Waals surface area contributed by atoms with Crippen LogP contribution in [0.2, 0.25) is 0 Å². The van der Waals surface area contributed by atoms with Crippen LogP contribution in [0.4, 0.5) is 0 Å². The Hall–Kier alpha value is -1.31. The van der Waals surface area contributed by atoms with Gasteiger partial charge >= 0.3 is 5.97 Å². The lowest BCUT2D eigenvalue weighted by molar-refractivity contribution is -0.133. The second kappa shape index (κ2) is 2.34. The average molecular weight is 162 g/mol. The van der Waals surface area contributed by atoms with E-state index in [-0.39, 0.29) is 11.9 Å². The standard InChI is InChI=1S/C10H10O2/c1-6-3-4-8-7(2)10(11)12-9(8)5-6/h3-5,7H,1-2H3/t7-/m0/s1. The lowest BCUT2D eigenvalue weighted by atomic mass is 10.0. The third kappa shape index (κ3) is 0.916. The molecule has 0 amide bonds. The van der Waals surface area contributed by atoms with E-state index in [9.17, 15) is 4.79 Å². The molecule has 1 aliphatic rings. The van der Waals surface area contributed by atoms with Crippen LogP contribution < -0.4 is 4.74 Å². The summed E-state index contributed by atoms with van der Waals surface area (Å²) in [6.45, 7) is 3.85. The van der Waals surface area contributed by atoms with Crippen molar-refractivity contribution in [1.82, 2.24) is 0 Å². The third-order valence-electron chi connectivity index (χ3n) is 2.20. The van der Waals surface area contributed by atoms with Crippen molar-refractivity contribution in [3.8, 4) is 5.75 Å². The van der Waals surface area contributed by atoms with Crippen LogP contribution in [0.15, 0.2) is 18.2 Å². The van der Waals surface area contributed by atoms with E-state index in [4.69, 9.17) is 4.74 Å². The van der Waals surface area contributed by atoms with E-state index in [1.165, 1.54) is 0 Å². The molecule has 12 heavy (non-hydrogen) atoms. The minimum absolute atomic E-state index is 0.0967. The van der Waals surface area contributed by atoms with Crippen molar-refractivity contribution in [1.29, 1.82) is 0 Å². The monoisotopic (exact) mass is 162 g/mol. The van der Waals surface area contributed by atoms with Gasteiger partial charge in [-0.05, 0) is 25.5 Å². The average Bonchev–Trinajstić information content (AvgIpc) is 2.28. The van der Waals surface area contributed by atoms with Gasteiger partial charge in [0, 0.05) is 5.56 Å². The molecule has 62 valence electrons. The molecule has 0 aliphatic carbocycles. The summed E-state index contributed by atoms with van der Waals surface area (Å²) < 4.78 is 5.06. The molecular weight excluding hydrogens is 152 g/mol. The second-order valence-electron chi connectivity index (χ2n) is 3.18. The molecule has 2 heteroatoms. The zero-order chi connectivity index (χ0) is 8.72. The summed E-state index contributed by atoms with van der Waals surface area (Å²) in [4.78, 5) is 11.1. The molecule has 0 unspecified atom stereocenters. The van der Waals surface area contributed by atoms with Gasteiger partial charge in [-0.15, -0.1) is 0 Å². The number of esters is 1. The Bertz CT molecular complexity index is 342. The molecule has 0 saturated heterocycles. The molecule has 1 aliphatic heterocycles. The predicted molar refractivity (Wildman–Crippen MR) is 45.2 cm³/mol. The molecule has 1 aromatic carbocycles. The molecular formula is C10H10O2. The molecule has 0 bridgehead atoms. The van der Waals surface area contributed by atoms with E-state index in [1.54, 1.807) is 0 Å². The summed E-state index contributed by atoms with van der Waals surface area (Å²) in [5, 5.41) is 0. The number of carbonyl (C=O) groups excluding carboxylic acids is 1. The van der Waals surface area contributed by atoms with Gasteiger partial charge in [0.25, 0.3) is 0 Å². The number of carbonyl (C=O) groups is 1. The number of fused-ring (bicyclic) bond motifs is 1. The van der Waals surface area contributed by atoms with Crippen LogP contribution in [0, 0.1) is 6.92 Å². The molecule has 2 nitrogen and oxygen atoms in total. The van der Waals surface area contributed by atoms with Crippen molar-refractivity contribution in [3.05, 3.63) is 29.3 Å². The van der Waals surface area contributed by atoms with E-state index < -0.39 is 0 Å². The summed E-state index contributed by atoms with van der Waals surface area (Å²) in [5.41, 5.74) is 2.13. The Kier molecular flexibility index (Phi) is 1.43. The lowest BCUT2D eigenvalue weighted by Gasteiger charge is -1.98. The fourth-order valence-corrected chi connectivity index (χ4v) is 1.41. The molecule has 1 heterocycles. The number of benzene rings is 1. The Balaban J connectivity index is 2.54. The van der Waals surface area contributed by atoms with Gasteiger partial charge in [-0.1, -0.05) is 12.1 Å². The minimum atomic E-state index is -0.143. The van der Waals surface area contributed by atoms with E-state index in [0.717, 1.165) is 16.9 Å². The zero-order valence-corrected chi connectivity index (χ0v) is 7.13. The first-order valence-electron chi connectivity index (χ1n) is 4.01. The number of hydrogen-bond donors (Lipinski definition) is 0. The SMILES string of the molecule is Cc1ccc2c(c1)OC(=O)[C@H]2C. The first-order chi connectivity index (χ1) is 5.68. The molecule has 0 radical (unpaired) electrons. The Morgan fingerprint density at radius 2 is 2.17 bits per heavy atom. The van der Waals surface area contributed by atoms with Gasteiger partial charge in [0.1, 0.15) is 5.75 Å². The summed E-state index contributed by atoms with van der Waals surface area (Å²) >= 11 is 0. The molecule has 1 atom stereocenters. The first kappa shape index (κ1) is 7.35. The molecule has 0 aromatic heterocycles. The van der Waals surface area contributed by atoms with Crippen LogP contribution in [0.5, 0.6) is 5.75 Å². The van der Waals surface area contributed by atoms with Crippen molar-refractivity contribution in [2.45, 2.75) is 19.8 Å². The van der Waals surface area contributed by atoms with Gasteiger partial charge in [0.05, 0.1) is 5.92 Å². The summed E-state index contributed by atoms with van der Waals surface area (Å²) in [6, 6.07) is 5.86. The fourth-order valence-electron chi connectivity index (χ4n) is 1.41. The Morgan fingerprint density at radius 3 is 2.92 bits per heavy atom. The predicted octanol–water partition coefficient (Wildman–Crippen LogP) is 2.02. The van der Waals surface area contributed by atoms with E-state index in [0.29, 0.717) is 0 Å². The molecule has 0 saturated carbocycles. The topological polar surface area (TPSA) is 26.3 Å². The second-order valence-corrected chi connectivity index (χ2v) is 3.18. The summed E-state index contributed by atoms with van der Waals surface area (Å²) in [5.74, 6) is 0.490. The molecule has 2 rings (SSSR count). The lowest BCUT2D eigenvalue weighted by Crippen LogP contribution is -2.05. The van der Waals surface area contributed by atoms with Gasteiger partial charge in [-0.3, -0.25) is 4.79 Å². The van der Waals surface area contributed by atoms with E-state index in [2.05, 4.69) is 0 Å². The van der Waals surface area contributed by atoms with Crippen molar-refractivity contribution < 1.29 is 9.53 Å². The van der Waals surface area contributed by atoms with Gasteiger partial charge < -0.3 is 4.74 Å². The van der Waals surface area contributed by atoms with Crippen LogP contribution in [-0.4, -0.2) is 5.97 Å². The van der Waals surface area contributed by atoms with Gasteiger partial charge in [-0.2, -0.15) is 0 Å². The highest BCUT2D eigenvalue weighted by molar-refractivity contribution is 5.85. The normalized spacial score (nSPS) is 20.5. The van der Waals surface area contributed by atoms with Crippen LogP contribution in [0.1, 0.15) is 24.0 Å². The Morgan fingerprint density at radius 1 is 1.42 bits per heavy atom. The zero-order valence-electron chi connectivity index (χ0n) is 7.13. The highest BCUT2D eigenvalue weighted by Gasteiger charge is 2.28. The van der Waals surface area contributed by atoms with Crippen molar-refractivity contribution in [2.75, 3.05) is 0 Å². The summed E-state index contributed by atoms with van der Waals surface area (Å²) in [7, 11) is 0. The fraction of sp³-hybridized carbons (Fsp3) is 0.300. The molecule has 0 spiro atoms. The highest BCUT2D eigenvalue weighted by Crippen LogP contribution is 2.34.